The fourth-order valence-corrected chi connectivity index (χ4v) is 2.97. The van der Waals surface area contributed by atoms with Gasteiger partial charge in [0.1, 0.15) is 0 Å². The van der Waals surface area contributed by atoms with Crippen molar-refractivity contribution in [3.8, 4) is 11.3 Å². The second-order valence-electron chi connectivity index (χ2n) is 5.91. The van der Waals surface area contributed by atoms with Crippen LogP contribution in [0.1, 0.15) is 29.8 Å². The van der Waals surface area contributed by atoms with Crippen LogP contribution in [-0.4, -0.2) is 17.0 Å². The number of nitrogens with zero attached hydrogens (tertiary/aromatic N) is 1. The Morgan fingerprint density at radius 1 is 1.12 bits per heavy atom. The third-order valence-electron chi connectivity index (χ3n) is 3.59. The van der Waals surface area contributed by atoms with Crippen molar-refractivity contribution in [2.45, 2.75) is 26.6 Å². The summed E-state index contributed by atoms with van der Waals surface area (Å²) in [5.74, 6) is -0.162. The molecule has 5 heteroatoms. The van der Waals surface area contributed by atoms with Crippen molar-refractivity contribution in [2.24, 2.45) is 0 Å². The zero-order valence-corrected chi connectivity index (χ0v) is 15.0. The predicted molar refractivity (Wildman–Crippen MR) is 102 cm³/mol. The number of carbonyl (C=O) groups excluding carboxylic acids is 1. The van der Waals surface area contributed by atoms with Gasteiger partial charge < -0.3 is 4.74 Å². The summed E-state index contributed by atoms with van der Waals surface area (Å²) in [6.07, 6.45) is 0.187. The Morgan fingerprint density at radius 3 is 2.52 bits per heavy atom. The molecular weight excluding hydrogens is 332 g/mol. The molecule has 1 N–H and O–H groups in total. The van der Waals surface area contributed by atoms with Crippen LogP contribution in [0.15, 0.2) is 60.0 Å². The first-order valence-corrected chi connectivity index (χ1v) is 9.02. The van der Waals surface area contributed by atoms with Gasteiger partial charge in [-0.25, -0.2) is 4.98 Å². The number of anilines is 1. The van der Waals surface area contributed by atoms with Gasteiger partial charge in [-0.2, -0.15) is 0 Å². The van der Waals surface area contributed by atoms with Crippen molar-refractivity contribution in [3.05, 3.63) is 71.1 Å². The minimum absolute atomic E-state index is 0.162. The van der Waals surface area contributed by atoms with Gasteiger partial charge in [-0.05, 0) is 31.5 Å². The quantitative estimate of drug-likeness (QED) is 0.680. The molecule has 3 rings (SSSR count). The van der Waals surface area contributed by atoms with Crippen LogP contribution in [0.3, 0.4) is 0 Å². The van der Waals surface area contributed by atoms with E-state index in [0.717, 1.165) is 16.8 Å². The molecule has 2 aromatic carbocycles. The molecule has 0 saturated heterocycles. The second kappa shape index (κ2) is 8.05. The second-order valence-corrected chi connectivity index (χ2v) is 6.77. The lowest BCUT2D eigenvalue weighted by Gasteiger charge is -2.08. The van der Waals surface area contributed by atoms with Gasteiger partial charge in [0.15, 0.2) is 5.13 Å². The minimum atomic E-state index is -0.162. The molecule has 0 atom stereocenters. The van der Waals surface area contributed by atoms with Crippen LogP contribution in [0.2, 0.25) is 0 Å². The number of hydrogen-bond donors (Lipinski definition) is 1. The number of hydrogen-bond acceptors (Lipinski definition) is 4. The number of aromatic nitrogens is 1. The van der Waals surface area contributed by atoms with Crippen LogP contribution in [0, 0.1) is 0 Å². The molecule has 0 aliphatic heterocycles. The lowest BCUT2D eigenvalue weighted by Crippen LogP contribution is -2.11. The third-order valence-corrected chi connectivity index (χ3v) is 4.35. The summed E-state index contributed by atoms with van der Waals surface area (Å²) < 4.78 is 5.56. The summed E-state index contributed by atoms with van der Waals surface area (Å²) in [5.41, 5.74) is 3.55. The van der Waals surface area contributed by atoms with Crippen LogP contribution in [0.25, 0.3) is 11.3 Å². The fourth-order valence-electron chi connectivity index (χ4n) is 2.26. The van der Waals surface area contributed by atoms with E-state index in [1.807, 2.05) is 61.7 Å². The highest BCUT2D eigenvalue weighted by Gasteiger charge is 2.10. The van der Waals surface area contributed by atoms with E-state index in [9.17, 15) is 4.79 Å². The zero-order chi connectivity index (χ0) is 17.6. The summed E-state index contributed by atoms with van der Waals surface area (Å²) in [6, 6.07) is 17.3. The Kier molecular flexibility index (Phi) is 5.58. The molecule has 0 fully saturated rings. The molecule has 0 radical (unpaired) electrons. The van der Waals surface area contributed by atoms with Gasteiger partial charge in [0, 0.05) is 16.5 Å². The molecule has 4 nitrogen and oxygen atoms in total. The van der Waals surface area contributed by atoms with Crippen LogP contribution in [-0.2, 0) is 11.3 Å². The Hall–Kier alpha value is -2.50. The Bertz CT molecular complexity index is 826. The van der Waals surface area contributed by atoms with Crippen molar-refractivity contribution in [1.29, 1.82) is 0 Å². The average Bonchev–Trinajstić information content (AvgIpc) is 3.09. The Labute approximate surface area is 151 Å². The first-order chi connectivity index (χ1) is 12.1. The molecule has 0 spiro atoms. The molecule has 0 aliphatic rings. The van der Waals surface area contributed by atoms with Crippen LogP contribution in [0.4, 0.5) is 5.13 Å². The number of amides is 1. The summed E-state index contributed by atoms with van der Waals surface area (Å²) in [7, 11) is 0. The molecule has 0 aliphatic carbocycles. The first kappa shape index (κ1) is 17.3. The third kappa shape index (κ3) is 4.75. The summed E-state index contributed by atoms with van der Waals surface area (Å²) in [5, 5.41) is 5.39. The van der Waals surface area contributed by atoms with E-state index in [1.165, 1.54) is 11.3 Å². The van der Waals surface area contributed by atoms with Gasteiger partial charge >= 0.3 is 0 Å². The van der Waals surface area contributed by atoms with E-state index in [4.69, 9.17) is 4.74 Å². The standard InChI is InChI=1S/C20H20N2O2S/c1-14(2)24-12-15-8-10-17(11-9-15)19(23)22-20-21-18(13-25-20)16-6-4-3-5-7-16/h3-11,13-14H,12H2,1-2H3,(H,21,22,23). The maximum absolute atomic E-state index is 12.4. The van der Waals surface area contributed by atoms with Gasteiger partial charge in [0.05, 0.1) is 18.4 Å². The number of nitrogens with one attached hydrogen (secondary N) is 1. The van der Waals surface area contributed by atoms with E-state index in [1.54, 1.807) is 12.1 Å². The molecule has 25 heavy (non-hydrogen) atoms. The van der Waals surface area contributed by atoms with E-state index >= 15 is 0 Å². The first-order valence-electron chi connectivity index (χ1n) is 8.14. The minimum Gasteiger partial charge on any atom is -0.374 e. The summed E-state index contributed by atoms with van der Waals surface area (Å²) >= 11 is 1.42. The highest BCUT2D eigenvalue weighted by Crippen LogP contribution is 2.25. The highest BCUT2D eigenvalue weighted by atomic mass is 32.1. The zero-order valence-electron chi connectivity index (χ0n) is 14.2. The molecule has 0 saturated carbocycles. The van der Waals surface area contributed by atoms with Crippen molar-refractivity contribution < 1.29 is 9.53 Å². The molecule has 1 heterocycles. The highest BCUT2D eigenvalue weighted by molar-refractivity contribution is 7.14. The number of carbonyl (C=O) groups is 1. The van der Waals surface area contributed by atoms with E-state index in [-0.39, 0.29) is 12.0 Å². The van der Waals surface area contributed by atoms with Crippen molar-refractivity contribution in [1.82, 2.24) is 4.98 Å². The number of ether oxygens (including phenoxy) is 1. The Morgan fingerprint density at radius 2 is 1.84 bits per heavy atom. The maximum Gasteiger partial charge on any atom is 0.257 e. The molecule has 3 aromatic rings. The lowest BCUT2D eigenvalue weighted by molar-refractivity contribution is 0.0657. The largest absolute Gasteiger partial charge is 0.374 e. The predicted octanol–water partition coefficient (Wildman–Crippen LogP) is 4.99. The molecule has 0 bridgehead atoms. The maximum atomic E-state index is 12.4. The van der Waals surface area contributed by atoms with Crippen LogP contribution in [0.5, 0.6) is 0 Å². The van der Waals surface area contributed by atoms with Gasteiger partial charge in [0.25, 0.3) is 5.91 Å². The molecule has 0 unspecified atom stereocenters. The molecule has 128 valence electrons. The van der Waals surface area contributed by atoms with Gasteiger partial charge in [0.2, 0.25) is 0 Å². The molecule has 1 amide bonds. The van der Waals surface area contributed by atoms with Crippen LogP contribution < -0.4 is 5.32 Å². The van der Waals surface area contributed by atoms with Gasteiger partial charge in [-0.15, -0.1) is 11.3 Å². The number of rotatable bonds is 6. The van der Waals surface area contributed by atoms with E-state index < -0.39 is 0 Å². The number of benzene rings is 2. The van der Waals surface area contributed by atoms with Crippen molar-refractivity contribution in [2.75, 3.05) is 5.32 Å². The Balaban J connectivity index is 1.63. The van der Waals surface area contributed by atoms with E-state index in [2.05, 4.69) is 10.3 Å². The van der Waals surface area contributed by atoms with E-state index in [0.29, 0.717) is 17.3 Å². The SMILES string of the molecule is CC(C)OCc1ccc(C(=O)Nc2nc(-c3ccccc3)cs2)cc1. The van der Waals surface area contributed by atoms with Crippen molar-refractivity contribution in [3.63, 3.8) is 0 Å². The summed E-state index contributed by atoms with van der Waals surface area (Å²) in [6.45, 7) is 4.55. The lowest BCUT2D eigenvalue weighted by atomic mass is 10.1. The molecule has 1 aromatic heterocycles. The topological polar surface area (TPSA) is 51.2 Å². The van der Waals surface area contributed by atoms with Crippen molar-refractivity contribution >= 4 is 22.4 Å². The van der Waals surface area contributed by atoms with Gasteiger partial charge in [-0.3, -0.25) is 10.1 Å². The fraction of sp³-hybridized carbons (Fsp3) is 0.200. The molecular formula is C20H20N2O2S. The number of thiazole rings is 1. The average molecular weight is 352 g/mol. The van der Waals surface area contributed by atoms with Crippen LogP contribution >= 0.6 is 11.3 Å². The smallest absolute Gasteiger partial charge is 0.257 e. The summed E-state index contributed by atoms with van der Waals surface area (Å²) in [4.78, 5) is 16.8. The monoisotopic (exact) mass is 352 g/mol. The van der Waals surface area contributed by atoms with Gasteiger partial charge in [-0.1, -0.05) is 42.5 Å². The normalized spacial score (nSPS) is 10.8.